The van der Waals surface area contributed by atoms with Crippen molar-refractivity contribution in [2.24, 2.45) is 0 Å². The minimum atomic E-state index is -4.66. The van der Waals surface area contributed by atoms with Gasteiger partial charge in [-0.2, -0.15) is 18.4 Å². The third-order valence-electron chi connectivity index (χ3n) is 2.66. The fourth-order valence-electron chi connectivity index (χ4n) is 1.71. The number of nitrogens with one attached hydrogen (secondary N) is 1. The van der Waals surface area contributed by atoms with Crippen molar-refractivity contribution in [3.05, 3.63) is 29.3 Å². The number of hydrogen-bond donors (Lipinski definition) is 2. The normalized spacial score (nSPS) is 12.6. The molecule has 0 heterocycles. The molecular formula is C13H13F3N2O2. The first kappa shape index (κ1) is 15.8. The van der Waals surface area contributed by atoms with Crippen molar-refractivity contribution in [3.8, 4) is 6.07 Å². The van der Waals surface area contributed by atoms with Crippen LogP contribution in [0.3, 0.4) is 0 Å². The highest BCUT2D eigenvalue weighted by atomic mass is 19.4. The monoisotopic (exact) mass is 286 g/mol. The van der Waals surface area contributed by atoms with Crippen LogP contribution in [-0.2, 0) is 11.0 Å². The highest BCUT2D eigenvalue weighted by Gasteiger charge is 2.34. The lowest BCUT2D eigenvalue weighted by Crippen LogP contribution is -2.29. The second-order valence-electron chi connectivity index (χ2n) is 4.19. The van der Waals surface area contributed by atoms with E-state index in [2.05, 4.69) is 5.32 Å². The molecule has 0 bridgehead atoms. The predicted molar refractivity (Wildman–Crippen MR) is 66.1 cm³/mol. The van der Waals surface area contributed by atoms with Crippen molar-refractivity contribution in [1.82, 2.24) is 0 Å². The maximum absolute atomic E-state index is 12.8. The number of carboxylic acids is 1. The summed E-state index contributed by atoms with van der Waals surface area (Å²) in [5, 5.41) is 20.2. The number of anilines is 1. The molecule has 0 aliphatic rings. The third-order valence-corrected chi connectivity index (χ3v) is 2.66. The smallest absolute Gasteiger partial charge is 0.417 e. The van der Waals surface area contributed by atoms with Crippen LogP contribution in [0, 0.1) is 11.3 Å². The topological polar surface area (TPSA) is 73.1 Å². The van der Waals surface area contributed by atoms with E-state index < -0.39 is 29.3 Å². The van der Waals surface area contributed by atoms with Crippen LogP contribution in [-0.4, -0.2) is 17.1 Å². The Morgan fingerprint density at radius 2 is 2.15 bits per heavy atom. The highest BCUT2D eigenvalue weighted by Crippen LogP contribution is 2.33. The molecule has 0 aromatic heterocycles. The molecule has 0 aliphatic heterocycles. The van der Waals surface area contributed by atoms with Crippen LogP contribution in [0.2, 0.25) is 0 Å². The minimum absolute atomic E-state index is 0.0252. The summed E-state index contributed by atoms with van der Waals surface area (Å²) in [6, 6.07) is 3.54. The van der Waals surface area contributed by atoms with Crippen LogP contribution in [0.25, 0.3) is 0 Å². The van der Waals surface area contributed by atoms with Crippen LogP contribution >= 0.6 is 0 Å². The van der Waals surface area contributed by atoms with Crippen LogP contribution in [0.1, 0.15) is 30.9 Å². The Morgan fingerprint density at radius 3 is 2.60 bits per heavy atom. The molecule has 1 atom stereocenters. The summed E-state index contributed by atoms with van der Waals surface area (Å²) >= 11 is 0. The van der Waals surface area contributed by atoms with Crippen LogP contribution < -0.4 is 5.32 Å². The van der Waals surface area contributed by atoms with Gasteiger partial charge in [-0.15, -0.1) is 0 Å². The highest BCUT2D eigenvalue weighted by molar-refractivity contribution is 5.77. The molecule has 2 N–H and O–H groups in total. The Labute approximate surface area is 113 Å². The lowest BCUT2D eigenvalue weighted by Gasteiger charge is -2.17. The molecule has 1 rings (SSSR count). The molecule has 108 valence electrons. The van der Waals surface area contributed by atoms with Gasteiger partial charge in [-0.1, -0.05) is 13.3 Å². The molecule has 0 aliphatic carbocycles. The Morgan fingerprint density at radius 1 is 1.50 bits per heavy atom. The summed E-state index contributed by atoms with van der Waals surface area (Å²) in [7, 11) is 0. The summed E-state index contributed by atoms with van der Waals surface area (Å²) in [6.07, 6.45) is -3.80. The van der Waals surface area contributed by atoms with Gasteiger partial charge >= 0.3 is 12.1 Å². The molecule has 20 heavy (non-hydrogen) atoms. The molecule has 0 saturated heterocycles. The number of hydrogen-bond acceptors (Lipinski definition) is 3. The quantitative estimate of drug-likeness (QED) is 0.871. The summed E-state index contributed by atoms with van der Waals surface area (Å²) < 4.78 is 38.3. The van der Waals surface area contributed by atoms with Crippen LogP contribution in [0.15, 0.2) is 18.2 Å². The fourth-order valence-corrected chi connectivity index (χ4v) is 1.71. The van der Waals surface area contributed by atoms with E-state index in [0.717, 1.165) is 12.1 Å². The first-order valence-electron chi connectivity index (χ1n) is 5.90. The van der Waals surface area contributed by atoms with E-state index in [1.54, 1.807) is 6.92 Å². The van der Waals surface area contributed by atoms with Gasteiger partial charge in [0.1, 0.15) is 6.04 Å². The number of carbonyl (C=O) groups is 1. The predicted octanol–water partition coefficient (Wildman–Crippen LogP) is 3.24. The molecule has 4 nitrogen and oxygen atoms in total. The van der Waals surface area contributed by atoms with Crippen molar-refractivity contribution in [2.45, 2.75) is 32.0 Å². The van der Waals surface area contributed by atoms with Gasteiger partial charge in [-0.05, 0) is 24.6 Å². The maximum atomic E-state index is 12.8. The average Bonchev–Trinajstić information content (AvgIpc) is 2.37. The number of nitrogens with zero attached hydrogens (tertiary/aromatic N) is 1. The largest absolute Gasteiger partial charge is 0.480 e. The van der Waals surface area contributed by atoms with Gasteiger partial charge in [0.2, 0.25) is 0 Å². The first-order chi connectivity index (χ1) is 9.29. The molecule has 0 saturated carbocycles. The van der Waals surface area contributed by atoms with E-state index in [1.807, 2.05) is 0 Å². The van der Waals surface area contributed by atoms with Crippen molar-refractivity contribution in [1.29, 1.82) is 5.26 Å². The Hall–Kier alpha value is -2.23. The second-order valence-corrected chi connectivity index (χ2v) is 4.19. The van der Waals surface area contributed by atoms with Crippen molar-refractivity contribution >= 4 is 11.7 Å². The zero-order valence-electron chi connectivity index (χ0n) is 10.7. The maximum Gasteiger partial charge on any atom is 0.417 e. The van der Waals surface area contributed by atoms with Crippen molar-refractivity contribution in [3.63, 3.8) is 0 Å². The zero-order valence-corrected chi connectivity index (χ0v) is 10.7. The molecule has 1 aromatic carbocycles. The molecule has 0 amide bonds. The number of benzene rings is 1. The third kappa shape index (κ3) is 3.88. The number of rotatable bonds is 5. The Kier molecular flexibility index (Phi) is 4.97. The van der Waals surface area contributed by atoms with Crippen LogP contribution in [0.4, 0.5) is 18.9 Å². The number of nitriles is 1. The van der Waals surface area contributed by atoms with Gasteiger partial charge in [0.05, 0.1) is 17.2 Å². The molecular weight excluding hydrogens is 273 g/mol. The number of halogens is 3. The van der Waals surface area contributed by atoms with Crippen molar-refractivity contribution < 1.29 is 23.1 Å². The lowest BCUT2D eigenvalue weighted by atomic mass is 10.1. The summed E-state index contributed by atoms with van der Waals surface area (Å²) in [5.74, 6) is -1.13. The molecule has 0 spiro atoms. The first-order valence-corrected chi connectivity index (χ1v) is 5.90. The molecule has 1 aromatic rings. The van der Waals surface area contributed by atoms with E-state index in [9.17, 15) is 18.0 Å². The van der Waals surface area contributed by atoms with Gasteiger partial charge in [0.15, 0.2) is 0 Å². The van der Waals surface area contributed by atoms with E-state index in [1.165, 1.54) is 12.1 Å². The average molecular weight is 286 g/mol. The molecule has 7 heteroatoms. The second kappa shape index (κ2) is 6.28. The standard InChI is InChI=1S/C13H13F3N2O2/c1-2-3-11(12(19)20)18-9-5-4-8(7-17)10(6-9)13(14,15)16/h4-6,11,18H,2-3H2,1H3,(H,19,20). The summed E-state index contributed by atoms with van der Waals surface area (Å²) in [4.78, 5) is 11.0. The van der Waals surface area contributed by atoms with E-state index >= 15 is 0 Å². The van der Waals surface area contributed by atoms with Gasteiger partial charge in [0.25, 0.3) is 0 Å². The van der Waals surface area contributed by atoms with Gasteiger partial charge < -0.3 is 10.4 Å². The summed E-state index contributed by atoms with van der Waals surface area (Å²) in [6.45, 7) is 1.78. The SMILES string of the molecule is CCCC(Nc1ccc(C#N)c(C(F)(F)F)c1)C(=O)O. The molecule has 0 fully saturated rings. The number of carboxylic acid groups (broad SMARTS) is 1. The zero-order chi connectivity index (χ0) is 15.3. The molecule has 1 unspecified atom stereocenters. The van der Waals surface area contributed by atoms with E-state index in [-0.39, 0.29) is 12.1 Å². The number of aliphatic carboxylic acids is 1. The van der Waals surface area contributed by atoms with Gasteiger partial charge in [-0.25, -0.2) is 4.79 Å². The minimum Gasteiger partial charge on any atom is -0.480 e. The van der Waals surface area contributed by atoms with E-state index in [4.69, 9.17) is 10.4 Å². The van der Waals surface area contributed by atoms with Crippen molar-refractivity contribution in [2.75, 3.05) is 5.32 Å². The fraction of sp³-hybridized carbons (Fsp3) is 0.385. The molecule has 0 radical (unpaired) electrons. The van der Waals surface area contributed by atoms with Gasteiger partial charge in [0, 0.05) is 5.69 Å². The van der Waals surface area contributed by atoms with Crippen LogP contribution in [0.5, 0.6) is 0 Å². The Balaban J connectivity index is 3.09. The lowest BCUT2D eigenvalue weighted by molar-refractivity contribution is -0.138. The number of alkyl halides is 3. The van der Waals surface area contributed by atoms with E-state index in [0.29, 0.717) is 6.42 Å². The Bertz CT molecular complexity index is 535. The summed E-state index contributed by atoms with van der Waals surface area (Å²) in [5.41, 5.74) is -1.55. The van der Waals surface area contributed by atoms with Gasteiger partial charge in [-0.3, -0.25) is 0 Å².